The maximum atomic E-state index is 12.2. The van der Waals surface area contributed by atoms with Gasteiger partial charge in [-0.3, -0.25) is 9.36 Å². The van der Waals surface area contributed by atoms with Gasteiger partial charge in [-0.25, -0.2) is 14.5 Å². The van der Waals surface area contributed by atoms with Crippen LogP contribution in [0.2, 0.25) is 0 Å². The molecule has 23 heavy (non-hydrogen) atoms. The molecule has 8 heteroatoms. The van der Waals surface area contributed by atoms with Crippen molar-refractivity contribution in [1.29, 1.82) is 0 Å². The van der Waals surface area contributed by atoms with Gasteiger partial charge >= 0.3 is 5.69 Å². The Balaban J connectivity index is 2.22. The molecule has 0 saturated carbocycles. The summed E-state index contributed by atoms with van der Waals surface area (Å²) >= 11 is 0. The summed E-state index contributed by atoms with van der Waals surface area (Å²) in [6.45, 7) is 0. The van der Waals surface area contributed by atoms with Gasteiger partial charge in [-0.15, -0.1) is 0 Å². The van der Waals surface area contributed by atoms with E-state index in [-0.39, 0.29) is 11.5 Å². The van der Waals surface area contributed by atoms with Gasteiger partial charge in [0.15, 0.2) is 17.3 Å². The molecule has 0 fully saturated rings. The van der Waals surface area contributed by atoms with Crippen LogP contribution in [0.1, 0.15) is 0 Å². The van der Waals surface area contributed by atoms with Gasteiger partial charge in [0.2, 0.25) is 0 Å². The minimum Gasteiger partial charge on any atom is -0.378 e. The van der Waals surface area contributed by atoms with Gasteiger partial charge in [0.25, 0.3) is 5.56 Å². The summed E-state index contributed by atoms with van der Waals surface area (Å²) in [7, 11) is 6.92. The second-order valence-electron chi connectivity index (χ2n) is 5.43. The molecule has 1 aromatic carbocycles. The van der Waals surface area contributed by atoms with Crippen LogP contribution in [0.3, 0.4) is 0 Å². The molecule has 0 unspecified atom stereocenters. The molecule has 0 spiro atoms. The average Bonchev–Trinajstić information content (AvgIpc) is 2.53. The average molecular weight is 312 g/mol. The molecule has 0 amide bonds. The Morgan fingerprint density at radius 1 is 1.00 bits per heavy atom. The SMILES string of the molecule is CN(C)c1ccc(-c2nc3c(=O)n(C)c(=O)nc-3n(C)n2)cc1. The molecule has 0 radical (unpaired) electrons. The lowest BCUT2D eigenvalue weighted by molar-refractivity contribution is 0.678. The summed E-state index contributed by atoms with van der Waals surface area (Å²) in [4.78, 5) is 34.0. The molecule has 0 N–H and O–H groups in total. The van der Waals surface area contributed by atoms with Gasteiger partial charge < -0.3 is 4.90 Å². The van der Waals surface area contributed by atoms with E-state index in [1.54, 1.807) is 7.05 Å². The Morgan fingerprint density at radius 2 is 1.65 bits per heavy atom. The fourth-order valence-corrected chi connectivity index (χ4v) is 2.23. The largest absolute Gasteiger partial charge is 0.378 e. The highest BCUT2D eigenvalue weighted by Crippen LogP contribution is 2.21. The van der Waals surface area contributed by atoms with E-state index in [0.717, 1.165) is 15.8 Å². The Kier molecular flexibility index (Phi) is 3.44. The number of aromatic nitrogens is 5. The molecular weight excluding hydrogens is 296 g/mol. The first-order valence-corrected chi connectivity index (χ1v) is 6.98. The summed E-state index contributed by atoms with van der Waals surface area (Å²) in [5, 5.41) is 4.30. The summed E-state index contributed by atoms with van der Waals surface area (Å²) in [6.07, 6.45) is 0. The fourth-order valence-electron chi connectivity index (χ4n) is 2.23. The lowest BCUT2D eigenvalue weighted by Gasteiger charge is -2.13. The Morgan fingerprint density at radius 3 is 2.26 bits per heavy atom. The summed E-state index contributed by atoms with van der Waals surface area (Å²) in [5.41, 5.74) is 0.846. The monoisotopic (exact) mass is 312 g/mol. The van der Waals surface area contributed by atoms with Crippen LogP contribution in [0.15, 0.2) is 33.9 Å². The van der Waals surface area contributed by atoms with Crippen molar-refractivity contribution in [2.75, 3.05) is 19.0 Å². The fraction of sp³-hybridized carbons (Fsp3) is 0.267. The summed E-state index contributed by atoms with van der Waals surface area (Å²) in [6, 6.07) is 7.66. The predicted molar refractivity (Wildman–Crippen MR) is 86.7 cm³/mol. The molecule has 2 heterocycles. The summed E-state index contributed by atoms with van der Waals surface area (Å²) < 4.78 is 2.34. The van der Waals surface area contributed by atoms with E-state index in [2.05, 4.69) is 15.1 Å². The van der Waals surface area contributed by atoms with Crippen molar-refractivity contribution in [3.05, 3.63) is 45.1 Å². The van der Waals surface area contributed by atoms with Crippen LogP contribution in [-0.4, -0.2) is 38.4 Å². The maximum absolute atomic E-state index is 12.2. The number of hydrogen-bond acceptors (Lipinski definition) is 6. The number of rotatable bonds is 2. The van der Waals surface area contributed by atoms with E-state index in [1.807, 2.05) is 43.3 Å². The van der Waals surface area contributed by atoms with E-state index in [0.29, 0.717) is 5.82 Å². The third-order valence-corrected chi connectivity index (χ3v) is 3.62. The lowest BCUT2D eigenvalue weighted by Crippen LogP contribution is -2.36. The van der Waals surface area contributed by atoms with Gasteiger partial charge in [0.05, 0.1) is 0 Å². The standard InChI is InChI=1S/C15H16N6O2/c1-19(2)10-7-5-9(6-8-10)12-16-11-13(21(4)18-12)17-15(23)20(3)14(11)22/h5-8H,1-4H3. The van der Waals surface area contributed by atoms with Crippen molar-refractivity contribution in [2.24, 2.45) is 14.1 Å². The third-order valence-electron chi connectivity index (χ3n) is 3.62. The number of benzene rings is 1. The van der Waals surface area contributed by atoms with Crippen molar-refractivity contribution in [1.82, 2.24) is 24.3 Å². The van der Waals surface area contributed by atoms with Gasteiger partial charge in [-0.05, 0) is 24.3 Å². The molecule has 0 bridgehead atoms. The quantitative estimate of drug-likeness (QED) is 0.667. The zero-order valence-electron chi connectivity index (χ0n) is 13.3. The molecule has 118 valence electrons. The topological polar surface area (TPSA) is 85.9 Å². The van der Waals surface area contributed by atoms with Crippen LogP contribution in [0.4, 0.5) is 5.69 Å². The normalized spacial score (nSPS) is 11.0. The predicted octanol–water partition coefficient (Wildman–Crippen LogP) is 0.107. The van der Waals surface area contributed by atoms with E-state index in [9.17, 15) is 9.59 Å². The zero-order chi connectivity index (χ0) is 16.7. The molecule has 0 aliphatic carbocycles. The van der Waals surface area contributed by atoms with Crippen molar-refractivity contribution < 1.29 is 0 Å². The van der Waals surface area contributed by atoms with Crippen LogP contribution in [-0.2, 0) is 14.1 Å². The highest BCUT2D eigenvalue weighted by molar-refractivity contribution is 5.62. The molecule has 0 atom stereocenters. The van der Waals surface area contributed by atoms with Gasteiger partial charge in [-0.1, -0.05) is 0 Å². The van der Waals surface area contributed by atoms with E-state index in [1.165, 1.54) is 11.7 Å². The van der Waals surface area contributed by atoms with E-state index < -0.39 is 11.2 Å². The first-order valence-electron chi connectivity index (χ1n) is 6.98. The van der Waals surface area contributed by atoms with Crippen LogP contribution in [0, 0.1) is 0 Å². The second-order valence-corrected chi connectivity index (χ2v) is 5.43. The number of hydrogen-bond donors (Lipinski definition) is 0. The van der Waals surface area contributed by atoms with Gasteiger partial charge in [-0.2, -0.15) is 10.1 Å². The van der Waals surface area contributed by atoms with Crippen molar-refractivity contribution in [2.45, 2.75) is 0 Å². The summed E-state index contributed by atoms with van der Waals surface area (Å²) in [5.74, 6) is 0.578. The van der Waals surface area contributed by atoms with Crippen LogP contribution < -0.4 is 16.1 Å². The molecule has 8 nitrogen and oxygen atoms in total. The highest BCUT2D eigenvalue weighted by Gasteiger charge is 2.19. The molecule has 1 aromatic rings. The minimum atomic E-state index is -0.621. The van der Waals surface area contributed by atoms with Crippen LogP contribution >= 0.6 is 0 Å². The van der Waals surface area contributed by atoms with Crippen LogP contribution in [0.5, 0.6) is 0 Å². The van der Waals surface area contributed by atoms with Gasteiger partial charge in [0, 0.05) is 39.4 Å². The smallest absolute Gasteiger partial charge is 0.352 e. The molecule has 0 aromatic heterocycles. The van der Waals surface area contributed by atoms with Crippen molar-refractivity contribution >= 4 is 5.69 Å². The Hall–Kier alpha value is -3.03. The first kappa shape index (κ1) is 14.9. The van der Waals surface area contributed by atoms with Crippen molar-refractivity contribution in [3.8, 4) is 22.9 Å². The lowest BCUT2D eigenvalue weighted by atomic mass is 10.2. The zero-order valence-corrected chi connectivity index (χ0v) is 13.3. The van der Waals surface area contributed by atoms with Crippen LogP contribution in [0.25, 0.3) is 22.9 Å². The second kappa shape index (κ2) is 5.31. The Bertz CT molecular complexity index is 955. The van der Waals surface area contributed by atoms with Gasteiger partial charge in [0.1, 0.15) is 0 Å². The molecule has 2 aliphatic rings. The number of aryl methyl sites for hydroxylation is 1. The minimum absolute atomic E-state index is 0.122. The maximum Gasteiger partial charge on any atom is 0.352 e. The van der Waals surface area contributed by atoms with Crippen molar-refractivity contribution in [3.63, 3.8) is 0 Å². The van der Waals surface area contributed by atoms with E-state index in [4.69, 9.17) is 0 Å². The number of nitrogens with zero attached hydrogens (tertiary/aromatic N) is 6. The number of fused-ring (bicyclic) bond motifs is 1. The Labute approximate surface area is 132 Å². The van der Waals surface area contributed by atoms with E-state index >= 15 is 0 Å². The molecule has 0 saturated heterocycles. The molecular formula is C15H16N6O2. The molecule has 3 rings (SSSR count). The first-order chi connectivity index (χ1) is 10.9. The highest BCUT2D eigenvalue weighted by atomic mass is 16.2. The third kappa shape index (κ3) is 2.48. The molecule has 2 aliphatic heterocycles. The number of anilines is 1.